The molecule has 1 heterocycles. The van der Waals surface area contributed by atoms with Crippen molar-refractivity contribution in [2.45, 2.75) is 53.2 Å². The average molecular weight is 285 g/mol. The Morgan fingerprint density at radius 3 is 2.32 bits per heavy atom. The maximum atomic E-state index is 11.9. The van der Waals surface area contributed by atoms with Gasteiger partial charge in [-0.25, -0.2) is 9.78 Å². The predicted molar refractivity (Wildman–Crippen MR) is 78.1 cm³/mol. The minimum absolute atomic E-state index is 0.183. The molecule has 0 spiro atoms. The van der Waals surface area contributed by atoms with Crippen LogP contribution >= 0.6 is 11.3 Å². The molecular weight excluding hydrogens is 262 g/mol. The van der Waals surface area contributed by atoms with Gasteiger partial charge in [-0.2, -0.15) is 0 Å². The lowest BCUT2D eigenvalue weighted by atomic mass is 9.85. The number of nitrogens with two attached hydrogens (primary N) is 1. The number of rotatable bonds is 2. The molecule has 1 aromatic heterocycles. The Labute approximate surface area is 118 Å². The molecule has 6 heteroatoms. The fourth-order valence-electron chi connectivity index (χ4n) is 1.59. The normalized spacial score (nSPS) is 14.0. The minimum atomic E-state index is -0.520. The molecule has 1 aromatic rings. The second-order valence-electron chi connectivity index (χ2n) is 6.56. The van der Waals surface area contributed by atoms with Crippen LogP contribution in [0.2, 0.25) is 0 Å². The van der Waals surface area contributed by atoms with Gasteiger partial charge in [0.1, 0.15) is 5.60 Å². The lowest BCUT2D eigenvalue weighted by Gasteiger charge is -2.31. The number of amides is 1. The zero-order valence-electron chi connectivity index (χ0n) is 12.4. The topological polar surface area (TPSA) is 77.2 Å². The monoisotopic (exact) mass is 285 g/mol. The van der Waals surface area contributed by atoms with E-state index in [-0.39, 0.29) is 11.5 Å². The van der Waals surface area contributed by atoms with Crippen molar-refractivity contribution in [1.82, 2.24) is 10.3 Å². The van der Waals surface area contributed by atoms with Gasteiger partial charge in [0.2, 0.25) is 0 Å². The molecule has 1 atom stereocenters. The highest BCUT2D eigenvalue weighted by Crippen LogP contribution is 2.33. The minimum Gasteiger partial charge on any atom is -0.444 e. The summed E-state index contributed by atoms with van der Waals surface area (Å²) in [4.78, 5) is 16.2. The third-order valence-electron chi connectivity index (χ3n) is 2.36. The third-order valence-corrected chi connectivity index (χ3v) is 3.05. The van der Waals surface area contributed by atoms with Gasteiger partial charge < -0.3 is 15.8 Å². The largest absolute Gasteiger partial charge is 0.444 e. The Morgan fingerprint density at radius 2 is 1.95 bits per heavy atom. The van der Waals surface area contributed by atoms with E-state index in [0.717, 1.165) is 5.69 Å². The SMILES string of the molecule is CC(C)(C)OC(=O)NC(c1csc(N)n1)C(C)(C)C. The number of ether oxygens (including phenoxy) is 1. The molecular formula is C13H23N3O2S. The van der Waals surface area contributed by atoms with Crippen LogP contribution in [0.4, 0.5) is 9.93 Å². The zero-order valence-corrected chi connectivity index (χ0v) is 13.2. The molecule has 0 aromatic carbocycles. The summed E-state index contributed by atoms with van der Waals surface area (Å²) in [6.45, 7) is 11.6. The van der Waals surface area contributed by atoms with Crippen LogP contribution in [-0.2, 0) is 4.74 Å². The number of nitrogens with one attached hydrogen (secondary N) is 1. The van der Waals surface area contributed by atoms with Gasteiger partial charge in [-0.1, -0.05) is 20.8 Å². The fourth-order valence-corrected chi connectivity index (χ4v) is 2.18. The van der Waals surface area contributed by atoms with E-state index in [9.17, 15) is 4.79 Å². The molecule has 1 rings (SSSR count). The molecule has 108 valence electrons. The van der Waals surface area contributed by atoms with Crippen molar-refractivity contribution in [3.05, 3.63) is 11.1 Å². The molecule has 1 amide bonds. The first-order chi connectivity index (χ1) is 8.49. The lowest BCUT2D eigenvalue weighted by Crippen LogP contribution is -2.40. The molecule has 1 unspecified atom stereocenters. The summed E-state index contributed by atoms with van der Waals surface area (Å²) in [6, 6.07) is -0.240. The average Bonchev–Trinajstić information content (AvgIpc) is 2.56. The van der Waals surface area contributed by atoms with E-state index in [2.05, 4.69) is 10.3 Å². The summed E-state index contributed by atoms with van der Waals surface area (Å²) >= 11 is 1.36. The van der Waals surface area contributed by atoms with Crippen LogP contribution in [0.5, 0.6) is 0 Å². The van der Waals surface area contributed by atoms with Crippen LogP contribution in [-0.4, -0.2) is 16.7 Å². The molecule has 0 saturated carbocycles. The Hall–Kier alpha value is -1.30. The van der Waals surface area contributed by atoms with Crippen LogP contribution in [0.3, 0.4) is 0 Å². The second-order valence-corrected chi connectivity index (χ2v) is 7.45. The first-order valence-electron chi connectivity index (χ1n) is 6.19. The van der Waals surface area contributed by atoms with Gasteiger partial charge in [0.25, 0.3) is 0 Å². The van der Waals surface area contributed by atoms with Gasteiger partial charge in [-0.3, -0.25) is 0 Å². The number of carbonyl (C=O) groups excluding carboxylic acids is 1. The van der Waals surface area contributed by atoms with E-state index in [1.807, 2.05) is 46.9 Å². The van der Waals surface area contributed by atoms with E-state index >= 15 is 0 Å². The number of hydrogen-bond donors (Lipinski definition) is 2. The maximum absolute atomic E-state index is 11.9. The summed E-state index contributed by atoms with van der Waals surface area (Å²) in [5.74, 6) is 0. The first kappa shape index (κ1) is 15.8. The van der Waals surface area contributed by atoms with Crippen molar-refractivity contribution >= 4 is 22.6 Å². The Kier molecular flexibility index (Phi) is 4.45. The lowest BCUT2D eigenvalue weighted by molar-refractivity contribution is 0.0461. The zero-order chi connectivity index (χ0) is 14.8. The molecule has 0 bridgehead atoms. The molecule has 19 heavy (non-hydrogen) atoms. The molecule has 0 aliphatic carbocycles. The summed E-state index contributed by atoms with van der Waals surface area (Å²) in [7, 11) is 0. The van der Waals surface area contributed by atoms with Crippen LogP contribution < -0.4 is 11.1 Å². The Morgan fingerprint density at radius 1 is 1.37 bits per heavy atom. The first-order valence-corrected chi connectivity index (χ1v) is 7.07. The van der Waals surface area contributed by atoms with Crippen LogP contribution in [0.25, 0.3) is 0 Å². The van der Waals surface area contributed by atoms with Gasteiger partial charge in [0.05, 0.1) is 11.7 Å². The standard InChI is InChI=1S/C13H23N3O2S/c1-12(2,3)9(8-7-19-10(14)15-8)16-11(17)18-13(4,5)6/h7,9H,1-6H3,(H2,14,15)(H,16,17). The smallest absolute Gasteiger partial charge is 0.408 e. The summed E-state index contributed by atoms with van der Waals surface area (Å²) in [5.41, 5.74) is 5.72. The van der Waals surface area contributed by atoms with Crippen molar-refractivity contribution < 1.29 is 9.53 Å². The highest BCUT2D eigenvalue weighted by Gasteiger charge is 2.31. The number of nitrogens with zero attached hydrogens (tertiary/aromatic N) is 1. The summed E-state index contributed by atoms with van der Waals surface area (Å²) < 4.78 is 5.29. The number of nitrogen functional groups attached to an aromatic ring is 1. The van der Waals surface area contributed by atoms with E-state index in [0.29, 0.717) is 5.13 Å². The van der Waals surface area contributed by atoms with Crippen LogP contribution in [0, 0.1) is 5.41 Å². The molecule has 0 saturated heterocycles. The number of aromatic nitrogens is 1. The van der Waals surface area contributed by atoms with Gasteiger partial charge in [-0.05, 0) is 26.2 Å². The van der Waals surface area contributed by atoms with Crippen LogP contribution in [0.1, 0.15) is 53.3 Å². The highest BCUT2D eigenvalue weighted by molar-refractivity contribution is 7.13. The number of anilines is 1. The summed E-state index contributed by atoms with van der Waals surface area (Å²) in [6.07, 6.45) is -0.445. The second kappa shape index (κ2) is 5.36. The Bertz CT molecular complexity index is 443. The third kappa shape index (κ3) is 5.06. The van der Waals surface area contributed by atoms with Crippen molar-refractivity contribution in [2.24, 2.45) is 5.41 Å². The molecule has 0 aliphatic heterocycles. The van der Waals surface area contributed by atoms with E-state index < -0.39 is 11.7 Å². The van der Waals surface area contributed by atoms with Crippen molar-refractivity contribution in [3.8, 4) is 0 Å². The maximum Gasteiger partial charge on any atom is 0.408 e. The van der Waals surface area contributed by atoms with E-state index in [1.54, 1.807) is 0 Å². The van der Waals surface area contributed by atoms with Crippen molar-refractivity contribution in [3.63, 3.8) is 0 Å². The van der Waals surface area contributed by atoms with Crippen molar-refractivity contribution in [1.29, 1.82) is 0 Å². The van der Waals surface area contributed by atoms with Gasteiger partial charge in [0.15, 0.2) is 5.13 Å². The number of alkyl carbamates (subject to hydrolysis) is 1. The van der Waals surface area contributed by atoms with Crippen LogP contribution in [0.15, 0.2) is 5.38 Å². The number of carbonyl (C=O) groups is 1. The van der Waals surface area contributed by atoms with Gasteiger partial charge >= 0.3 is 6.09 Å². The molecule has 3 N–H and O–H groups in total. The van der Waals surface area contributed by atoms with E-state index in [1.165, 1.54) is 11.3 Å². The molecule has 0 fully saturated rings. The fraction of sp³-hybridized carbons (Fsp3) is 0.692. The van der Waals surface area contributed by atoms with E-state index in [4.69, 9.17) is 10.5 Å². The molecule has 0 aliphatic rings. The Balaban J connectivity index is 2.86. The molecule has 0 radical (unpaired) electrons. The van der Waals surface area contributed by atoms with Gasteiger partial charge in [-0.15, -0.1) is 11.3 Å². The number of hydrogen-bond acceptors (Lipinski definition) is 5. The number of thiazole rings is 1. The predicted octanol–water partition coefficient (Wildman–Crippen LogP) is 3.34. The highest BCUT2D eigenvalue weighted by atomic mass is 32.1. The molecule has 5 nitrogen and oxygen atoms in total. The summed E-state index contributed by atoms with van der Waals surface area (Å²) in [5, 5.41) is 5.23. The van der Waals surface area contributed by atoms with Gasteiger partial charge in [0, 0.05) is 5.38 Å². The van der Waals surface area contributed by atoms with Crippen molar-refractivity contribution in [2.75, 3.05) is 5.73 Å². The quantitative estimate of drug-likeness (QED) is 0.873.